The quantitative estimate of drug-likeness (QED) is 0.413. The van der Waals surface area contributed by atoms with E-state index in [1.54, 1.807) is 16.8 Å². The summed E-state index contributed by atoms with van der Waals surface area (Å²) in [4.78, 5) is 34.4. The predicted octanol–water partition coefficient (Wildman–Crippen LogP) is 2.88. The molecule has 180 valence electrons. The molecule has 4 aromatic rings. The second-order valence-electron chi connectivity index (χ2n) is 9.24. The molecular formula is C26H21FN6O3. The van der Waals surface area contributed by atoms with Gasteiger partial charge in [0.2, 0.25) is 5.91 Å². The van der Waals surface area contributed by atoms with Gasteiger partial charge in [0.25, 0.3) is 5.91 Å². The smallest absolute Gasteiger partial charge is 0.254 e. The fourth-order valence-electron chi connectivity index (χ4n) is 5.47. The zero-order valence-electron chi connectivity index (χ0n) is 19.0. The minimum atomic E-state index is -0.356. The highest BCUT2D eigenvalue weighted by atomic mass is 19.1. The van der Waals surface area contributed by atoms with Gasteiger partial charge in [0.05, 0.1) is 54.5 Å². The van der Waals surface area contributed by atoms with Crippen LogP contribution in [0.3, 0.4) is 0 Å². The molecule has 1 saturated heterocycles. The van der Waals surface area contributed by atoms with Crippen LogP contribution in [0.4, 0.5) is 15.9 Å². The number of amides is 2. The molecule has 6 heterocycles. The summed E-state index contributed by atoms with van der Waals surface area (Å²) in [5.74, 6) is -0.155. The SMILES string of the molecule is O=C1NCc2c(-c3cnc4cc(F)ccn34)ccc(Nc3ccc4c(n3)CNC(=O)[C@H]3COC[C@@H]43)c21. The number of carbonyl (C=O) groups excluding carboxylic acids is 2. The standard InChI is InChI=1S/C26H21FN6O3/c27-13-5-6-33-21(10-28-23(33)7-13)15-1-3-19(24-16(15)8-29-26(24)35)31-22-4-2-14-17-11-36-12-18(17)25(34)30-9-20(14)32-22/h1-7,10,17-18H,8-9,11-12H2,(H,29,35)(H,30,34)(H,31,32)/t17-,18-/m0/s1. The Hall–Kier alpha value is -4.31. The van der Waals surface area contributed by atoms with Gasteiger partial charge in [-0.1, -0.05) is 12.1 Å². The molecule has 7 rings (SSSR count). The van der Waals surface area contributed by atoms with E-state index in [-0.39, 0.29) is 29.5 Å². The Morgan fingerprint density at radius 2 is 1.94 bits per heavy atom. The Morgan fingerprint density at radius 1 is 1.06 bits per heavy atom. The number of pyridine rings is 2. The van der Waals surface area contributed by atoms with Crippen LogP contribution in [0.5, 0.6) is 0 Å². The first kappa shape index (κ1) is 21.0. The molecule has 0 unspecified atom stereocenters. The van der Waals surface area contributed by atoms with Crippen LogP contribution >= 0.6 is 0 Å². The lowest BCUT2D eigenvalue weighted by Crippen LogP contribution is -2.30. The minimum absolute atomic E-state index is 0.00249. The number of benzene rings is 1. The lowest BCUT2D eigenvalue weighted by Gasteiger charge is -2.16. The third kappa shape index (κ3) is 3.18. The zero-order chi connectivity index (χ0) is 24.4. The van der Waals surface area contributed by atoms with Gasteiger partial charge in [-0.05, 0) is 29.3 Å². The van der Waals surface area contributed by atoms with Crippen molar-refractivity contribution in [3.8, 4) is 11.3 Å². The summed E-state index contributed by atoms with van der Waals surface area (Å²) in [6.45, 7) is 1.65. The van der Waals surface area contributed by atoms with Crippen LogP contribution < -0.4 is 16.0 Å². The van der Waals surface area contributed by atoms with Gasteiger partial charge in [-0.3, -0.25) is 14.0 Å². The van der Waals surface area contributed by atoms with Crippen LogP contribution in [-0.4, -0.2) is 39.4 Å². The molecule has 10 heteroatoms. The average molecular weight is 484 g/mol. The van der Waals surface area contributed by atoms with E-state index < -0.39 is 0 Å². The van der Waals surface area contributed by atoms with E-state index >= 15 is 0 Å². The van der Waals surface area contributed by atoms with Crippen molar-refractivity contribution in [3.63, 3.8) is 0 Å². The number of hydrogen-bond donors (Lipinski definition) is 3. The number of rotatable bonds is 3. The molecular weight excluding hydrogens is 463 g/mol. The number of carbonyl (C=O) groups is 2. The molecule has 3 aromatic heterocycles. The Bertz CT molecular complexity index is 1580. The molecule has 1 aromatic carbocycles. The highest BCUT2D eigenvalue weighted by Crippen LogP contribution is 2.37. The summed E-state index contributed by atoms with van der Waals surface area (Å²) in [7, 11) is 0. The number of ether oxygens (including phenoxy) is 1. The van der Waals surface area contributed by atoms with Crippen molar-refractivity contribution in [1.82, 2.24) is 25.0 Å². The first-order chi connectivity index (χ1) is 17.6. The number of nitrogens with one attached hydrogen (secondary N) is 3. The lowest BCUT2D eigenvalue weighted by molar-refractivity contribution is -0.125. The molecule has 1 fully saturated rings. The number of halogens is 1. The monoisotopic (exact) mass is 484 g/mol. The number of nitrogens with zero attached hydrogens (tertiary/aromatic N) is 3. The van der Waals surface area contributed by atoms with Crippen LogP contribution in [0.2, 0.25) is 0 Å². The molecule has 3 N–H and O–H groups in total. The van der Waals surface area contributed by atoms with E-state index in [1.807, 2.05) is 24.3 Å². The number of aromatic nitrogens is 3. The van der Waals surface area contributed by atoms with Crippen molar-refractivity contribution in [2.45, 2.75) is 19.0 Å². The van der Waals surface area contributed by atoms with Gasteiger partial charge in [0.15, 0.2) is 0 Å². The van der Waals surface area contributed by atoms with Crippen molar-refractivity contribution < 1.29 is 18.7 Å². The van der Waals surface area contributed by atoms with E-state index in [1.165, 1.54) is 12.1 Å². The molecule has 3 aliphatic heterocycles. The normalized spacial score (nSPS) is 20.4. The van der Waals surface area contributed by atoms with Gasteiger partial charge >= 0.3 is 0 Å². The molecule has 0 radical (unpaired) electrons. The predicted molar refractivity (Wildman–Crippen MR) is 128 cm³/mol. The van der Waals surface area contributed by atoms with E-state index in [0.29, 0.717) is 49.0 Å². The highest BCUT2D eigenvalue weighted by Gasteiger charge is 2.38. The van der Waals surface area contributed by atoms with E-state index in [9.17, 15) is 14.0 Å². The molecule has 9 nitrogen and oxygen atoms in total. The van der Waals surface area contributed by atoms with Crippen LogP contribution in [0, 0.1) is 11.7 Å². The second-order valence-corrected chi connectivity index (χ2v) is 9.24. The van der Waals surface area contributed by atoms with Gasteiger partial charge in [0, 0.05) is 30.3 Å². The van der Waals surface area contributed by atoms with Crippen molar-refractivity contribution in [2.75, 3.05) is 18.5 Å². The number of hydrogen-bond acceptors (Lipinski definition) is 6. The molecule has 0 bridgehead atoms. The first-order valence-electron chi connectivity index (χ1n) is 11.8. The third-order valence-corrected chi connectivity index (χ3v) is 7.24. The fourth-order valence-corrected chi connectivity index (χ4v) is 5.47. The van der Waals surface area contributed by atoms with Crippen molar-refractivity contribution in [3.05, 3.63) is 77.0 Å². The second kappa shape index (κ2) is 7.85. The maximum absolute atomic E-state index is 13.6. The topological polar surface area (TPSA) is 110 Å². The van der Waals surface area contributed by atoms with Crippen LogP contribution in [0.25, 0.3) is 16.9 Å². The fraction of sp³-hybridized carbons (Fsp3) is 0.231. The third-order valence-electron chi connectivity index (χ3n) is 7.24. The highest BCUT2D eigenvalue weighted by molar-refractivity contribution is 6.06. The largest absolute Gasteiger partial charge is 0.380 e. The van der Waals surface area contributed by atoms with Gasteiger partial charge in [-0.25, -0.2) is 14.4 Å². The first-order valence-corrected chi connectivity index (χ1v) is 11.8. The minimum Gasteiger partial charge on any atom is -0.380 e. The van der Waals surface area contributed by atoms with Crippen molar-refractivity contribution >= 4 is 29.0 Å². The summed E-state index contributed by atoms with van der Waals surface area (Å²) in [5.41, 5.74) is 5.94. The number of fused-ring (bicyclic) bond motifs is 5. The van der Waals surface area contributed by atoms with Crippen molar-refractivity contribution in [2.24, 2.45) is 5.92 Å². The molecule has 2 atom stereocenters. The molecule has 0 spiro atoms. The summed E-state index contributed by atoms with van der Waals surface area (Å²) in [6, 6.07) is 10.4. The molecule has 2 amide bonds. The Kier molecular flexibility index (Phi) is 4.58. The van der Waals surface area contributed by atoms with Crippen LogP contribution in [0.1, 0.15) is 33.1 Å². The average Bonchev–Trinajstić information content (AvgIpc) is 3.60. The Balaban J connectivity index is 1.26. The number of imidazole rings is 1. The Morgan fingerprint density at radius 3 is 2.86 bits per heavy atom. The molecule has 36 heavy (non-hydrogen) atoms. The summed E-state index contributed by atoms with van der Waals surface area (Å²) >= 11 is 0. The van der Waals surface area contributed by atoms with E-state index in [0.717, 1.165) is 28.1 Å². The summed E-state index contributed by atoms with van der Waals surface area (Å²) < 4.78 is 21.0. The van der Waals surface area contributed by atoms with E-state index in [4.69, 9.17) is 9.72 Å². The van der Waals surface area contributed by atoms with E-state index in [2.05, 4.69) is 20.9 Å². The molecule has 0 aliphatic carbocycles. The summed E-state index contributed by atoms with van der Waals surface area (Å²) in [5, 5.41) is 9.16. The molecule has 0 saturated carbocycles. The van der Waals surface area contributed by atoms with Crippen molar-refractivity contribution in [1.29, 1.82) is 0 Å². The van der Waals surface area contributed by atoms with Gasteiger partial charge < -0.3 is 20.7 Å². The lowest BCUT2D eigenvalue weighted by atomic mass is 9.88. The summed E-state index contributed by atoms with van der Waals surface area (Å²) in [6.07, 6.45) is 3.32. The van der Waals surface area contributed by atoms with Gasteiger partial charge in [0.1, 0.15) is 17.3 Å². The number of anilines is 2. The van der Waals surface area contributed by atoms with Gasteiger partial charge in [-0.15, -0.1) is 0 Å². The molecule has 3 aliphatic rings. The zero-order valence-corrected chi connectivity index (χ0v) is 19.0. The van der Waals surface area contributed by atoms with Crippen LogP contribution in [-0.2, 0) is 22.6 Å². The maximum atomic E-state index is 13.6. The maximum Gasteiger partial charge on any atom is 0.254 e. The Labute approximate surface area is 204 Å². The van der Waals surface area contributed by atoms with Gasteiger partial charge in [-0.2, -0.15) is 0 Å². The van der Waals surface area contributed by atoms with Crippen LogP contribution in [0.15, 0.2) is 48.8 Å².